The zero-order valence-electron chi connectivity index (χ0n) is 11.1. The minimum absolute atomic E-state index is 0.0613. The van der Waals surface area contributed by atoms with Crippen molar-refractivity contribution in [2.45, 2.75) is 56.7 Å². The van der Waals surface area contributed by atoms with Gasteiger partial charge in [0.25, 0.3) is 0 Å². The van der Waals surface area contributed by atoms with E-state index < -0.39 is 0 Å². The summed E-state index contributed by atoms with van der Waals surface area (Å²) >= 11 is 0. The zero-order chi connectivity index (χ0) is 13.7. The van der Waals surface area contributed by atoms with Crippen molar-refractivity contribution in [3.63, 3.8) is 0 Å². The van der Waals surface area contributed by atoms with E-state index >= 15 is 0 Å². The molecule has 1 N–H and O–H groups in total. The molecule has 0 spiro atoms. The van der Waals surface area contributed by atoms with Crippen molar-refractivity contribution in [2.75, 3.05) is 19.8 Å². The van der Waals surface area contributed by atoms with Crippen LogP contribution in [-0.2, 0) is 14.2 Å². The van der Waals surface area contributed by atoms with Gasteiger partial charge in [-0.1, -0.05) is 18.5 Å². The molecule has 19 heavy (non-hydrogen) atoms. The largest absolute Gasteiger partial charge is 0.394 e. The fourth-order valence-electron chi connectivity index (χ4n) is 2.65. The summed E-state index contributed by atoms with van der Waals surface area (Å²) in [5.41, 5.74) is 8.32. The van der Waals surface area contributed by atoms with Gasteiger partial charge in [0.05, 0.1) is 25.4 Å². The van der Waals surface area contributed by atoms with Gasteiger partial charge in [-0.25, -0.2) is 0 Å². The van der Waals surface area contributed by atoms with E-state index in [0.29, 0.717) is 19.6 Å². The van der Waals surface area contributed by atoms with Crippen LogP contribution >= 0.6 is 0 Å². The Bertz CT molecular complexity index is 335. The van der Waals surface area contributed by atoms with Gasteiger partial charge in [-0.05, 0) is 12.0 Å². The molecular weight excluding hydrogens is 250 g/mol. The van der Waals surface area contributed by atoms with Crippen LogP contribution in [0.5, 0.6) is 0 Å². The standard InChI is InChI=1S/C12H21N3O4/c1-2-3-4-17-11-10(7-16)19-9-5-8(6-14-15-13)18-12(9)11/h8-12,16H,2-7H2,1H3/t8?,9-,10+,11+,12+/m0/s1. The van der Waals surface area contributed by atoms with Crippen LogP contribution in [0.2, 0.25) is 0 Å². The molecule has 2 aliphatic heterocycles. The van der Waals surface area contributed by atoms with Crippen LogP contribution in [0.15, 0.2) is 5.11 Å². The molecule has 0 aromatic rings. The summed E-state index contributed by atoms with van der Waals surface area (Å²) in [7, 11) is 0. The number of ether oxygens (including phenoxy) is 3. The lowest BCUT2D eigenvalue weighted by atomic mass is 10.1. The molecule has 0 radical (unpaired) electrons. The van der Waals surface area contributed by atoms with E-state index in [1.807, 2.05) is 0 Å². The monoisotopic (exact) mass is 271 g/mol. The Morgan fingerprint density at radius 3 is 3.00 bits per heavy atom. The summed E-state index contributed by atoms with van der Waals surface area (Å²) in [5, 5.41) is 12.9. The highest BCUT2D eigenvalue weighted by Gasteiger charge is 2.51. The normalized spacial score (nSPS) is 37.1. The van der Waals surface area contributed by atoms with E-state index in [2.05, 4.69) is 16.9 Å². The van der Waals surface area contributed by atoms with Crippen molar-refractivity contribution in [3.8, 4) is 0 Å². The fraction of sp³-hybridized carbons (Fsp3) is 1.00. The van der Waals surface area contributed by atoms with Crippen molar-refractivity contribution in [1.29, 1.82) is 0 Å². The Kier molecular flexibility index (Phi) is 5.42. The third-order valence-electron chi connectivity index (χ3n) is 3.59. The van der Waals surface area contributed by atoms with Gasteiger partial charge in [0.1, 0.15) is 18.3 Å². The highest BCUT2D eigenvalue weighted by Crippen LogP contribution is 2.36. The molecule has 2 fully saturated rings. The van der Waals surface area contributed by atoms with Gasteiger partial charge in [0.15, 0.2) is 0 Å². The van der Waals surface area contributed by atoms with Crippen LogP contribution in [0, 0.1) is 0 Å². The fourth-order valence-corrected chi connectivity index (χ4v) is 2.65. The van der Waals surface area contributed by atoms with Crippen molar-refractivity contribution in [2.24, 2.45) is 5.11 Å². The van der Waals surface area contributed by atoms with Gasteiger partial charge in [0, 0.05) is 17.9 Å². The topological polar surface area (TPSA) is 96.7 Å². The zero-order valence-corrected chi connectivity index (χ0v) is 11.1. The predicted octanol–water partition coefficient (Wildman–Crippen LogP) is 1.40. The molecule has 7 nitrogen and oxygen atoms in total. The lowest BCUT2D eigenvalue weighted by molar-refractivity contribution is -0.0848. The number of aliphatic hydroxyl groups is 1. The summed E-state index contributed by atoms with van der Waals surface area (Å²) < 4.78 is 17.4. The maximum Gasteiger partial charge on any atom is 0.115 e. The number of fused-ring (bicyclic) bond motifs is 1. The van der Waals surface area contributed by atoms with Gasteiger partial charge < -0.3 is 19.3 Å². The van der Waals surface area contributed by atoms with Gasteiger partial charge in [-0.3, -0.25) is 0 Å². The second kappa shape index (κ2) is 7.07. The second-order valence-electron chi connectivity index (χ2n) is 4.96. The number of hydrogen-bond acceptors (Lipinski definition) is 5. The molecule has 2 heterocycles. The van der Waals surface area contributed by atoms with E-state index in [-0.39, 0.29) is 37.1 Å². The summed E-state index contributed by atoms with van der Waals surface area (Å²) in [5.74, 6) is 0. The molecule has 0 aromatic heterocycles. The van der Waals surface area contributed by atoms with Crippen LogP contribution in [-0.4, -0.2) is 55.4 Å². The first-order valence-corrected chi connectivity index (χ1v) is 6.84. The summed E-state index contributed by atoms with van der Waals surface area (Å²) in [6.07, 6.45) is 1.86. The average molecular weight is 271 g/mol. The Morgan fingerprint density at radius 2 is 2.32 bits per heavy atom. The second-order valence-corrected chi connectivity index (χ2v) is 4.96. The molecule has 1 unspecified atom stereocenters. The molecule has 0 aliphatic carbocycles. The maximum atomic E-state index is 9.33. The van der Waals surface area contributed by atoms with Crippen LogP contribution in [0.25, 0.3) is 10.4 Å². The first kappa shape index (κ1) is 14.6. The highest BCUT2D eigenvalue weighted by atomic mass is 16.6. The molecule has 2 rings (SSSR count). The Hall–Kier alpha value is -0.850. The summed E-state index contributed by atoms with van der Waals surface area (Å²) in [6.45, 7) is 3.00. The minimum Gasteiger partial charge on any atom is -0.394 e. The van der Waals surface area contributed by atoms with Gasteiger partial charge >= 0.3 is 0 Å². The molecule has 2 saturated heterocycles. The smallest absolute Gasteiger partial charge is 0.115 e. The van der Waals surface area contributed by atoms with E-state index in [1.54, 1.807) is 0 Å². The van der Waals surface area contributed by atoms with Crippen LogP contribution in [0.3, 0.4) is 0 Å². The maximum absolute atomic E-state index is 9.33. The van der Waals surface area contributed by atoms with Gasteiger partial charge in [0.2, 0.25) is 0 Å². The van der Waals surface area contributed by atoms with E-state index in [0.717, 1.165) is 12.8 Å². The molecule has 0 bridgehead atoms. The molecule has 108 valence electrons. The Labute approximate surface area is 112 Å². The summed E-state index contributed by atoms with van der Waals surface area (Å²) in [4.78, 5) is 2.74. The average Bonchev–Trinajstić information content (AvgIpc) is 2.94. The van der Waals surface area contributed by atoms with Crippen molar-refractivity contribution < 1.29 is 19.3 Å². The summed E-state index contributed by atoms with van der Waals surface area (Å²) in [6, 6.07) is 0. The number of unbranched alkanes of at least 4 members (excludes halogenated alkanes) is 1. The van der Waals surface area contributed by atoms with E-state index in [9.17, 15) is 5.11 Å². The number of azide groups is 1. The van der Waals surface area contributed by atoms with Crippen molar-refractivity contribution >= 4 is 0 Å². The first-order chi connectivity index (χ1) is 9.30. The number of hydrogen-bond donors (Lipinski definition) is 1. The molecule has 0 saturated carbocycles. The molecule has 2 aliphatic rings. The lowest BCUT2D eigenvalue weighted by Crippen LogP contribution is -2.37. The number of rotatable bonds is 7. The molecule has 0 aromatic carbocycles. The third-order valence-corrected chi connectivity index (χ3v) is 3.59. The lowest BCUT2D eigenvalue weighted by Gasteiger charge is -2.22. The van der Waals surface area contributed by atoms with Crippen LogP contribution < -0.4 is 0 Å². The molecule has 5 atom stereocenters. The first-order valence-electron chi connectivity index (χ1n) is 6.84. The molecule has 7 heteroatoms. The quantitative estimate of drug-likeness (QED) is 0.327. The number of nitrogens with zero attached hydrogens (tertiary/aromatic N) is 3. The van der Waals surface area contributed by atoms with Crippen LogP contribution in [0.4, 0.5) is 0 Å². The van der Waals surface area contributed by atoms with Gasteiger partial charge in [-0.15, -0.1) is 0 Å². The third kappa shape index (κ3) is 3.38. The van der Waals surface area contributed by atoms with Crippen molar-refractivity contribution in [1.82, 2.24) is 0 Å². The highest BCUT2D eigenvalue weighted by molar-refractivity contribution is 4.98. The van der Waals surface area contributed by atoms with Crippen LogP contribution in [0.1, 0.15) is 26.2 Å². The van der Waals surface area contributed by atoms with Gasteiger partial charge in [-0.2, -0.15) is 0 Å². The molecular formula is C12H21N3O4. The SMILES string of the molecule is CCCCO[C@H]1[C@@H]2OC(CN=[N+]=[N-])C[C@@H]2O[C@@H]1CO. The number of aliphatic hydroxyl groups excluding tert-OH is 1. The molecule has 0 amide bonds. The Morgan fingerprint density at radius 1 is 1.47 bits per heavy atom. The van der Waals surface area contributed by atoms with Crippen molar-refractivity contribution in [3.05, 3.63) is 10.4 Å². The van der Waals surface area contributed by atoms with E-state index in [4.69, 9.17) is 19.7 Å². The minimum atomic E-state index is -0.313. The predicted molar refractivity (Wildman–Crippen MR) is 67.7 cm³/mol. The Balaban J connectivity index is 1.90. The van der Waals surface area contributed by atoms with E-state index in [1.165, 1.54) is 0 Å².